The minimum absolute atomic E-state index is 0.300. The molecular weight excluding hydrogens is 241 g/mol. The standard InChI is InChI=1S/C12H9ClFN3/c1-2-5-17-7-16-11(12(17)15)9-4-3-8(13)6-10(9)14/h1,3-4,6-7H,5,15H2. The molecule has 17 heavy (non-hydrogen) atoms. The van der Waals surface area contributed by atoms with Crippen molar-refractivity contribution in [1.29, 1.82) is 0 Å². The van der Waals surface area contributed by atoms with Crippen LogP contribution >= 0.6 is 11.6 Å². The zero-order chi connectivity index (χ0) is 12.4. The third kappa shape index (κ3) is 2.10. The van der Waals surface area contributed by atoms with Gasteiger partial charge in [0.05, 0.1) is 12.9 Å². The van der Waals surface area contributed by atoms with E-state index in [4.69, 9.17) is 23.8 Å². The predicted molar refractivity (Wildman–Crippen MR) is 65.9 cm³/mol. The lowest BCUT2D eigenvalue weighted by Crippen LogP contribution is -2.01. The molecule has 0 atom stereocenters. The van der Waals surface area contributed by atoms with Crippen LogP contribution in [0.3, 0.4) is 0 Å². The Hall–Kier alpha value is -1.99. The zero-order valence-electron chi connectivity index (χ0n) is 8.82. The third-order valence-electron chi connectivity index (χ3n) is 2.33. The monoisotopic (exact) mass is 249 g/mol. The van der Waals surface area contributed by atoms with Gasteiger partial charge in [-0.1, -0.05) is 17.5 Å². The Morgan fingerprint density at radius 1 is 1.53 bits per heavy atom. The van der Waals surface area contributed by atoms with Gasteiger partial charge < -0.3 is 10.3 Å². The van der Waals surface area contributed by atoms with Crippen LogP contribution in [-0.2, 0) is 6.54 Å². The zero-order valence-corrected chi connectivity index (χ0v) is 9.58. The van der Waals surface area contributed by atoms with Gasteiger partial charge in [-0.05, 0) is 18.2 Å². The van der Waals surface area contributed by atoms with Crippen molar-refractivity contribution in [1.82, 2.24) is 9.55 Å². The van der Waals surface area contributed by atoms with E-state index < -0.39 is 5.82 Å². The molecule has 0 radical (unpaired) electrons. The van der Waals surface area contributed by atoms with Gasteiger partial charge in [0.2, 0.25) is 0 Å². The van der Waals surface area contributed by atoms with E-state index in [1.807, 2.05) is 0 Å². The summed E-state index contributed by atoms with van der Waals surface area (Å²) in [5.41, 5.74) is 6.51. The summed E-state index contributed by atoms with van der Waals surface area (Å²) in [5, 5.41) is 0.327. The smallest absolute Gasteiger partial charge is 0.134 e. The number of terminal acetylenes is 1. The molecule has 0 aliphatic rings. The summed E-state index contributed by atoms with van der Waals surface area (Å²) in [6, 6.07) is 4.34. The average molecular weight is 250 g/mol. The molecule has 2 N–H and O–H groups in total. The number of anilines is 1. The molecule has 0 amide bonds. The molecule has 0 saturated heterocycles. The number of benzene rings is 1. The molecule has 86 valence electrons. The molecule has 0 aliphatic heterocycles. The highest BCUT2D eigenvalue weighted by Crippen LogP contribution is 2.28. The van der Waals surface area contributed by atoms with Gasteiger partial charge in [0, 0.05) is 10.6 Å². The topological polar surface area (TPSA) is 43.8 Å². The van der Waals surface area contributed by atoms with Gasteiger partial charge in [-0.3, -0.25) is 0 Å². The van der Waals surface area contributed by atoms with Crippen LogP contribution in [-0.4, -0.2) is 9.55 Å². The summed E-state index contributed by atoms with van der Waals surface area (Å²) in [6.45, 7) is 0.300. The van der Waals surface area contributed by atoms with Crippen molar-refractivity contribution in [2.24, 2.45) is 0 Å². The van der Waals surface area contributed by atoms with Gasteiger partial charge in [0.25, 0.3) is 0 Å². The molecule has 1 aromatic carbocycles. The van der Waals surface area contributed by atoms with Crippen LogP contribution in [0, 0.1) is 18.2 Å². The fraction of sp³-hybridized carbons (Fsp3) is 0.0833. The minimum Gasteiger partial charge on any atom is -0.383 e. The Kier molecular flexibility index (Phi) is 3.03. The number of rotatable bonds is 2. The van der Waals surface area contributed by atoms with Gasteiger partial charge in [-0.25, -0.2) is 9.37 Å². The number of hydrogen-bond donors (Lipinski definition) is 1. The summed E-state index contributed by atoms with van der Waals surface area (Å²) in [7, 11) is 0. The number of hydrogen-bond acceptors (Lipinski definition) is 2. The van der Waals surface area contributed by atoms with E-state index in [0.717, 1.165) is 0 Å². The maximum Gasteiger partial charge on any atom is 0.134 e. The Morgan fingerprint density at radius 2 is 2.29 bits per heavy atom. The number of imidazole rings is 1. The molecule has 2 rings (SSSR count). The predicted octanol–water partition coefficient (Wildman–Crippen LogP) is 2.56. The van der Waals surface area contributed by atoms with E-state index in [1.54, 1.807) is 10.6 Å². The fourth-order valence-corrected chi connectivity index (χ4v) is 1.66. The Morgan fingerprint density at radius 3 is 2.94 bits per heavy atom. The van der Waals surface area contributed by atoms with Crippen molar-refractivity contribution < 1.29 is 4.39 Å². The molecule has 0 unspecified atom stereocenters. The maximum absolute atomic E-state index is 13.7. The van der Waals surface area contributed by atoms with Gasteiger partial charge in [0.1, 0.15) is 17.3 Å². The lowest BCUT2D eigenvalue weighted by molar-refractivity contribution is 0.631. The first-order chi connectivity index (χ1) is 8.13. The molecule has 2 aromatic rings. The second kappa shape index (κ2) is 4.48. The normalized spacial score (nSPS) is 10.2. The molecule has 0 bridgehead atoms. The van der Waals surface area contributed by atoms with E-state index in [1.165, 1.54) is 18.5 Å². The first-order valence-electron chi connectivity index (χ1n) is 4.83. The highest BCUT2D eigenvalue weighted by atomic mass is 35.5. The molecule has 0 fully saturated rings. The maximum atomic E-state index is 13.7. The SMILES string of the molecule is C#CCn1cnc(-c2ccc(Cl)cc2F)c1N. The van der Waals surface area contributed by atoms with Crippen molar-refractivity contribution in [2.45, 2.75) is 6.54 Å². The molecule has 0 spiro atoms. The molecular formula is C12H9ClFN3. The molecule has 0 saturated carbocycles. The minimum atomic E-state index is -0.463. The first-order valence-corrected chi connectivity index (χ1v) is 5.20. The summed E-state index contributed by atoms with van der Waals surface area (Å²) < 4.78 is 15.3. The summed E-state index contributed by atoms with van der Waals surface area (Å²) in [5.74, 6) is 2.32. The van der Waals surface area contributed by atoms with Crippen LogP contribution < -0.4 is 5.73 Å². The Bertz CT molecular complexity index is 598. The van der Waals surface area contributed by atoms with Crippen LogP contribution in [0.5, 0.6) is 0 Å². The van der Waals surface area contributed by atoms with Crippen molar-refractivity contribution in [2.75, 3.05) is 5.73 Å². The molecule has 1 aromatic heterocycles. The van der Waals surface area contributed by atoms with Crippen molar-refractivity contribution >= 4 is 17.4 Å². The van der Waals surface area contributed by atoms with Gasteiger partial charge in [0.15, 0.2) is 0 Å². The Labute approximate surface area is 103 Å². The molecule has 0 aliphatic carbocycles. The number of nitrogen functional groups attached to an aromatic ring is 1. The fourth-order valence-electron chi connectivity index (χ4n) is 1.51. The van der Waals surface area contributed by atoms with E-state index in [-0.39, 0.29) is 0 Å². The van der Waals surface area contributed by atoms with Crippen LogP contribution in [0.2, 0.25) is 5.02 Å². The van der Waals surface area contributed by atoms with Crippen LogP contribution in [0.4, 0.5) is 10.2 Å². The lowest BCUT2D eigenvalue weighted by atomic mass is 10.1. The molecule has 1 heterocycles. The quantitative estimate of drug-likeness (QED) is 0.832. The van der Waals surface area contributed by atoms with Crippen LogP contribution in [0.1, 0.15) is 0 Å². The van der Waals surface area contributed by atoms with E-state index in [9.17, 15) is 4.39 Å². The van der Waals surface area contributed by atoms with Crippen LogP contribution in [0.25, 0.3) is 11.3 Å². The second-order valence-corrected chi connectivity index (χ2v) is 3.87. The van der Waals surface area contributed by atoms with Crippen molar-refractivity contribution in [3.63, 3.8) is 0 Å². The first kappa shape index (κ1) is 11.5. The van der Waals surface area contributed by atoms with E-state index in [0.29, 0.717) is 28.6 Å². The summed E-state index contributed by atoms with van der Waals surface area (Å²) >= 11 is 5.68. The average Bonchev–Trinajstić information content (AvgIpc) is 2.62. The van der Waals surface area contributed by atoms with Gasteiger partial charge >= 0.3 is 0 Å². The van der Waals surface area contributed by atoms with E-state index >= 15 is 0 Å². The number of nitrogens with zero attached hydrogens (tertiary/aromatic N) is 2. The van der Waals surface area contributed by atoms with Crippen LogP contribution in [0.15, 0.2) is 24.5 Å². The molecule has 3 nitrogen and oxygen atoms in total. The van der Waals surface area contributed by atoms with Crippen molar-refractivity contribution in [3.05, 3.63) is 35.4 Å². The number of halogens is 2. The summed E-state index contributed by atoms with van der Waals surface area (Å²) in [6.07, 6.45) is 6.67. The molecule has 5 heteroatoms. The third-order valence-corrected chi connectivity index (χ3v) is 2.56. The summed E-state index contributed by atoms with van der Waals surface area (Å²) in [4.78, 5) is 4.05. The Balaban J connectivity index is 2.50. The van der Waals surface area contributed by atoms with Gasteiger partial charge in [-0.2, -0.15) is 0 Å². The lowest BCUT2D eigenvalue weighted by Gasteiger charge is -2.03. The van der Waals surface area contributed by atoms with E-state index in [2.05, 4.69) is 10.9 Å². The van der Waals surface area contributed by atoms with Crippen molar-refractivity contribution in [3.8, 4) is 23.6 Å². The van der Waals surface area contributed by atoms with Gasteiger partial charge in [-0.15, -0.1) is 6.42 Å². The number of nitrogens with two attached hydrogens (primary N) is 1. The second-order valence-electron chi connectivity index (χ2n) is 3.43. The largest absolute Gasteiger partial charge is 0.383 e. The highest BCUT2D eigenvalue weighted by molar-refractivity contribution is 6.30. The number of aromatic nitrogens is 2. The highest BCUT2D eigenvalue weighted by Gasteiger charge is 2.13.